The van der Waals surface area contributed by atoms with E-state index in [1.807, 2.05) is 0 Å². The van der Waals surface area contributed by atoms with Crippen LogP contribution >= 0.6 is 27.5 Å². The molecule has 1 heterocycles. The van der Waals surface area contributed by atoms with E-state index < -0.39 is 10.0 Å². The lowest BCUT2D eigenvalue weighted by Crippen LogP contribution is -2.39. The summed E-state index contributed by atoms with van der Waals surface area (Å²) in [6.45, 7) is 5.71. The Labute approximate surface area is 233 Å². The molecule has 4 rings (SSSR count). The highest BCUT2D eigenvalue weighted by molar-refractivity contribution is 9.10. The van der Waals surface area contributed by atoms with Crippen molar-refractivity contribution in [2.75, 3.05) is 17.8 Å². The van der Waals surface area contributed by atoms with Crippen molar-refractivity contribution < 1.29 is 13.2 Å². The van der Waals surface area contributed by atoms with E-state index >= 15 is 0 Å². The van der Waals surface area contributed by atoms with Gasteiger partial charge in [-0.2, -0.15) is 0 Å². The summed E-state index contributed by atoms with van der Waals surface area (Å²) < 4.78 is 29.3. The van der Waals surface area contributed by atoms with Crippen molar-refractivity contribution in [1.29, 1.82) is 0 Å². The van der Waals surface area contributed by atoms with E-state index in [2.05, 4.69) is 58.8 Å². The van der Waals surface area contributed by atoms with Crippen molar-refractivity contribution in [3.8, 4) is 0 Å². The molecule has 0 atom stereocenters. The van der Waals surface area contributed by atoms with Crippen LogP contribution in [0.15, 0.2) is 76.1 Å². The molecule has 0 saturated carbocycles. The van der Waals surface area contributed by atoms with Crippen LogP contribution in [-0.2, 0) is 22.9 Å². The first-order chi connectivity index (χ1) is 17.6. The largest absolute Gasteiger partial charge is 0.339 e. The molecule has 1 aliphatic rings. The molecule has 8 heteroatoms. The molecule has 0 aromatic heterocycles. The van der Waals surface area contributed by atoms with Crippen LogP contribution in [0.1, 0.15) is 48.2 Å². The SMILES string of the molecule is CC(C)Cc1cccc(CC2CCN(C(=O)c3cc(S(=O)(=O)Nc4ccc(Br)cc4)ccc3Cl)CC2)c1. The standard InChI is InChI=1S/C29H32BrClN2O3S/c1-20(2)16-22-4-3-5-23(18-22)17-21-12-14-33(15-13-21)29(34)27-19-26(10-11-28(27)31)37(35,36)32-25-8-6-24(30)7-9-25/h3-11,18-21,32H,12-17H2,1-2H3. The van der Waals surface area contributed by atoms with E-state index in [0.717, 1.165) is 30.2 Å². The zero-order chi connectivity index (χ0) is 26.6. The van der Waals surface area contributed by atoms with Gasteiger partial charge in [0.05, 0.1) is 15.5 Å². The van der Waals surface area contributed by atoms with Crippen LogP contribution in [0, 0.1) is 11.8 Å². The van der Waals surface area contributed by atoms with Crippen LogP contribution in [0.25, 0.3) is 0 Å². The highest BCUT2D eigenvalue weighted by atomic mass is 79.9. The molecule has 0 radical (unpaired) electrons. The van der Waals surface area contributed by atoms with Crippen LogP contribution < -0.4 is 4.72 Å². The number of carbonyl (C=O) groups is 1. The Bertz CT molecular complexity index is 1350. The van der Waals surface area contributed by atoms with Gasteiger partial charge in [0.2, 0.25) is 0 Å². The van der Waals surface area contributed by atoms with Gasteiger partial charge < -0.3 is 4.90 Å². The van der Waals surface area contributed by atoms with Gasteiger partial charge in [0.15, 0.2) is 0 Å². The number of carbonyl (C=O) groups excluding carboxylic acids is 1. The van der Waals surface area contributed by atoms with E-state index in [0.29, 0.717) is 30.6 Å². The minimum absolute atomic E-state index is 0.000617. The highest BCUT2D eigenvalue weighted by Gasteiger charge is 2.26. The van der Waals surface area contributed by atoms with Crippen LogP contribution in [0.2, 0.25) is 5.02 Å². The molecule has 0 unspecified atom stereocenters. The number of likely N-dealkylation sites (tertiary alicyclic amines) is 1. The minimum Gasteiger partial charge on any atom is -0.339 e. The molecule has 0 aliphatic carbocycles. The lowest BCUT2D eigenvalue weighted by Gasteiger charge is -2.32. The summed E-state index contributed by atoms with van der Waals surface area (Å²) in [4.78, 5) is 15.1. The van der Waals surface area contributed by atoms with Gasteiger partial charge in [-0.25, -0.2) is 8.42 Å². The first-order valence-corrected chi connectivity index (χ1v) is 15.2. The number of rotatable bonds is 8. The Kier molecular flexibility index (Phi) is 8.98. The molecular weight excluding hydrogens is 572 g/mol. The average Bonchev–Trinajstić information content (AvgIpc) is 2.85. The zero-order valence-electron chi connectivity index (χ0n) is 21.1. The predicted octanol–water partition coefficient (Wildman–Crippen LogP) is 7.20. The van der Waals surface area contributed by atoms with Gasteiger partial charge in [-0.3, -0.25) is 9.52 Å². The topological polar surface area (TPSA) is 66.5 Å². The number of anilines is 1. The van der Waals surface area contributed by atoms with Gasteiger partial charge in [-0.1, -0.05) is 65.6 Å². The third kappa shape index (κ3) is 7.37. The first-order valence-electron chi connectivity index (χ1n) is 12.6. The summed E-state index contributed by atoms with van der Waals surface area (Å²) in [5, 5.41) is 0.247. The number of benzene rings is 3. The Morgan fingerprint density at radius 3 is 2.38 bits per heavy atom. The number of sulfonamides is 1. The number of halogens is 2. The van der Waals surface area contributed by atoms with E-state index in [4.69, 9.17) is 11.6 Å². The van der Waals surface area contributed by atoms with Crippen molar-refractivity contribution in [2.45, 2.75) is 44.4 Å². The van der Waals surface area contributed by atoms with Gasteiger partial charge in [0, 0.05) is 23.2 Å². The van der Waals surface area contributed by atoms with E-state index in [1.54, 1.807) is 29.2 Å². The number of hydrogen-bond donors (Lipinski definition) is 1. The number of nitrogens with one attached hydrogen (secondary N) is 1. The summed E-state index contributed by atoms with van der Waals surface area (Å²) in [6.07, 6.45) is 3.89. The average molecular weight is 604 g/mol. The molecule has 1 fully saturated rings. The lowest BCUT2D eigenvalue weighted by atomic mass is 9.89. The maximum absolute atomic E-state index is 13.3. The normalized spacial score (nSPS) is 14.7. The van der Waals surface area contributed by atoms with Crippen molar-refractivity contribution in [3.63, 3.8) is 0 Å². The molecule has 1 aliphatic heterocycles. The molecule has 1 amide bonds. The summed E-state index contributed by atoms with van der Waals surface area (Å²) >= 11 is 9.69. The second-order valence-electron chi connectivity index (χ2n) is 10.1. The third-order valence-corrected chi connectivity index (χ3v) is 8.87. The van der Waals surface area contributed by atoms with Crippen LogP contribution in [0.5, 0.6) is 0 Å². The summed E-state index contributed by atoms with van der Waals surface area (Å²) in [5.74, 6) is 0.903. The molecule has 0 spiro atoms. The fraction of sp³-hybridized carbons (Fsp3) is 0.345. The molecule has 0 bridgehead atoms. The molecule has 196 valence electrons. The summed E-state index contributed by atoms with van der Waals surface area (Å²) in [6, 6.07) is 19.9. The maximum Gasteiger partial charge on any atom is 0.261 e. The fourth-order valence-corrected chi connectivity index (χ4v) is 6.31. The zero-order valence-corrected chi connectivity index (χ0v) is 24.2. The van der Waals surface area contributed by atoms with E-state index in [-0.39, 0.29) is 21.4 Å². The Morgan fingerprint density at radius 2 is 1.70 bits per heavy atom. The van der Waals surface area contributed by atoms with E-state index in [1.165, 1.54) is 29.3 Å². The quantitative estimate of drug-likeness (QED) is 0.296. The maximum atomic E-state index is 13.3. The molecule has 1 saturated heterocycles. The number of hydrogen-bond acceptors (Lipinski definition) is 3. The third-order valence-electron chi connectivity index (χ3n) is 6.64. The fourth-order valence-electron chi connectivity index (χ4n) is 4.77. The molecular formula is C29H32BrClN2O3S. The summed E-state index contributed by atoms with van der Waals surface area (Å²) in [7, 11) is -3.88. The van der Waals surface area contributed by atoms with Gasteiger partial charge in [0.1, 0.15) is 0 Å². The van der Waals surface area contributed by atoms with Crippen LogP contribution in [0.4, 0.5) is 5.69 Å². The number of amides is 1. The molecule has 5 nitrogen and oxygen atoms in total. The van der Waals surface area contributed by atoms with Crippen molar-refractivity contribution >= 4 is 49.1 Å². The van der Waals surface area contributed by atoms with Gasteiger partial charge in [0.25, 0.3) is 15.9 Å². The Morgan fingerprint density at radius 1 is 1.03 bits per heavy atom. The van der Waals surface area contributed by atoms with Crippen LogP contribution in [-0.4, -0.2) is 32.3 Å². The smallest absolute Gasteiger partial charge is 0.261 e. The summed E-state index contributed by atoms with van der Waals surface area (Å²) in [5.41, 5.74) is 3.37. The highest BCUT2D eigenvalue weighted by Crippen LogP contribution is 2.28. The van der Waals surface area contributed by atoms with Crippen molar-refractivity contribution in [1.82, 2.24) is 4.90 Å². The Balaban J connectivity index is 1.40. The number of nitrogens with zero attached hydrogens (tertiary/aromatic N) is 1. The van der Waals surface area contributed by atoms with Crippen molar-refractivity contribution in [2.24, 2.45) is 11.8 Å². The molecule has 3 aromatic carbocycles. The van der Waals surface area contributed by atoms with Crippen LogP contribution in [0.3, 0.4) is 0 Å². The predicted molar refractivity (Wildman–Crippen MR) is 154 cm³/mol. The molecule has 1 N–H and O–H groups in total. The lowest BCUT2D eigenvalue weighted by molar-refractivity contribution is 0.0690. The second-order valence-corrected chi connectivity index (χ2v) is 13.1. The monoisotopic (exact) mass is 602 g/mol. The van der Waals surface area contributed by atoms with Gasteiger partial charge >= 0.3 is 0 Å². The number of piperidine rings is 1. The minimum atomic E-state index is -3.88. The van der Waals surface area contributed by atoms with E-state index in [9.17, 15) is 13.2 Å². The Hall–Kier alpha value is -2.35. The van der Waals surface area contributed by atoms with Gasteiger partial charge in [-0.15, -0.1) is 0 Å². The molecule has 3 aromatic rings. The molecule has 37 heavy (non-hydrogen) atoms. The van der Waals surface area contributed by atoms with Crippen molar-refractivity contribution in [3.05, 3.63) is 92.9 Å². The second kappa shape index (κ2) is 12.0. The first kappa shape index (κ1) is 27.7. The van der Waals surface area contributed by atoms with Gasteiger partial charge in [-0.05, 0) is 91.1 Å².